The lowest BCUT2D eigenvalue weighted by atomic mass is 9.65. The summed E-state index contributed by atoms with van der Waals surface area (Å²) >= 11 is 0. The second kappa shape index (κ2) is 13.3. The van der Waals surface area contributed by atoms with E-state index in [-0.39, 0.29) is 0 Å². The zero-order valence-corrected chi connectivity index (χ0v) is 31.0. The van der Waals surface area contributed by atoms with Crippen molar-refractivity contribution >= 4 is 0 Å². The van der Waals surface area contributed by atoms with Crippen LogP contribution in [0.4, 0.5) is 0 Å². The van der Waals surface area contributed by atoms with Crippen LogP contribution in [0.15, 0.2) is 188 Å². The van der Waals surface area contributed by atoms with E-state index in [1.54, 1.807) is 0 Å². The number of hydrogen-bond acceptors (Lipinski definition) is 6. The first-order valence-corrected chi connectivity index (χ1v) is 19.2. The molecule has 1 aliphatic heterocycles. The number of nitrogens with zero attached hydrogens (tertiary/aromatic N) is 5. The molecule has 9 aromatic rings. The van der Waals surface area contributed by atoms with Gasteiger partial charge in [-0.05, 0) is 81.9 Å². The summed E-state index contributed by atoms with van der Waals surface area (Å²) in [6.07, 6.45) is 1.82. The molecule has 1 aliphatic carbocycles. The monoisotopic (exact) mass is 741 g/mol. The fraction of sp³-hybridized carbons (Fsp3) is 0.0192. The predicted octanol–water partition coefficient (Wildman–Crippen LogP) is 11.9. The molecule has 0 saturated carbocycles. The van der Waals surface area contributed by atoms with E-state index in [2.05, 4.69) is 96.0 Å². The molecular weight excluding hydrogens is 711 g/mol. The molecule has 0 unspecified atom stereocenters. The van der Waals surface area contributed by atoms with Gasteiger partial charge < -0.3 is 4.74 Å². The van der Waals surface area contributed by atoms with Gasteiger partial charge in [-0.15, -0.1) is 0 Å². The molecule has 0 amide bonds. The van der Waals surface area contributed by atoms with Gasteiger partial charge in [0, 0.05) is 39.6 Å². The lowest BCUT2D eigenvalue weighted by molar-refractivity contribution is 0.436. The van der Waals surface area contributed by atoms with E-state index >= 15 is 0 Å². The molecule has 0 atom stereocenters. The van der Waals surface area contributed by atoms with E-state index in [0.29, 0.717) is 23.0 Å². The third kappa shape index (κ3) is 5.18. The summed E-state index contributed by atoms with van der Waals surface area (Å²) in [6.45, 7) is 0. The van der Waals surface area contributed by atoms with Crippen LogP contribution < -0.4 is 4.74 Å². The van der Waals surface area contributed by atoms with E-state index in [1.807, 2.05) is 103 Å². The van der Waals surface area contributed by atoms with Gasteiger partial charge in [0.1, 0.15) is 11.5 Å². The summed E-state index contributed by atoms with van der Waals surface area (Å²) in [4.78, 5) is 20.1. The quantitative estimate of drug-likeness (QED) is 0.175. The molecule has 0 fully saturated rings. The highest BCUT2D eigenvalue weighted by Crippen LogP contribution is 2.62. The van der Waals surface area contributed by atoms with Crippen molar-refractivity contribution in [2.45, 2.75) is 5.41 Å². The van der Waals surface area contributed by atoms with Crippen LogP contribution in [0, 0.1) is 11.3 Å². The highest BCUT2D eigenvalue weighted by molar-refractivity contribution is 5.90. The molecule has 0 N–H and O–H groups in total. The summed E-state index contributed by atoms with van der Waals surface area (Å²) < 4.78 is 6.91. The van der Waals surface area contributed by atoms with Gasteiger partial charge in [-0.1, -0.05) is 133 Å². The van der Waals surface area contributed by atoms with Gasteiger partial charge in [-0.25, -0.2) is 15.0 Å². The molecule has 6 nitrogen and oxygen atoms in total. The Kier molecular flexibility index (Phi) is 7.66. The molecule has 0 bridgehead atoms. The smallest absolute Gasteiger partial charge is 0.164 e. The van der Waals surface area contributed by atoms with Gasteiger partial charge in [0.05, 0.1) is 22.7 Å². The number of nitriles is 1. The predicted molar refractivity (Wildman–Crippen MR) is 227 cm³/mol. The standard InChI is InChI=1S/C52H31N5O/c53-32-33-21-23-34(24-22-33)38-14-4-5-17-41(38)51-56-49(35-12-2-1-3-13-35)55-50(57-51)37-26-28-47-45(30-37)52(42-18-8-6-15-39(42)40-16-7-9-19-43(40)52)44-27-25-36(31-48(44)58-47)46-20-10-11-29-54-46/h1-31H. The van der Waals surface area contributed by atoms with Crippen molar-refractivity contribution < 1.29 is 4.74 Å². The maximum Gasteiger partial charge on any atom is 0.164 e. The summed E-state index contributed by atoms with van der Waals surface area (Å²) in [5.41, 5.74) is 13.2. The van der Waals surface area contributed by atoms with Gasteiger partial charge in [0.25, 0.3) is 0 Å². The highest BCUT2D eigenvalue weighted by Gasteiger charge is 2.51. The average molecular weight is 742 g/mol. The van der Waals surface area contributed by atoms with Crippen LogP contribution in [-0.4, -0.2) is 19.9 Å². The van der Waals surface area contributed by atoms with Gasteiger partial charge in [-0.2, -0.15) is 5.26 Å². The van der Waals surface area contributed by atoms with Crippen LogP contribution in [-0.2, 0) is 5.41 Å². The first kappa shape index (κ1) is 33.3. The largest absolute Gasteiger partial charge is 0.457 e. The lowest BCUT2D eigenvalue weighted by Crippen LogP contribution is -2.32. The third-order valence-electron chi connectivity index (χ3n) is 11.3. The number of ether oxygens (including phenoxy) is 1. The summed E-state index contributed by atoms with van der Waals surface area (Å²) in [5, 5.41) is 9.46. The summed E-state index contributed by atoms with van der Waals surface area (Å²) in [7, 11) is 0. The fourth-order valence-electron chi connectivity index (χ4n) is 8.74. The molecule has 58 heavy (non-hydrogen) atoms. The van der Waals surface area contributed by atoms with Crippen LogP contribution in [0.2, 0.25) is 0 Å². The minimum Gasteiger partial charge on any atom is -0.457 e. The SMILES string of the molecule is N#Cc1ccc(-c2ccccc2-c2nc(-c3ccccc3)nc(-c3ccc4c(c3)C3(c5ccc(-c6ccccn6)cc5O4)c4ccccc4-c4ccccc43)n2)cc1. The number of pyridine rings is 1. The average Bonchev–Trinajstić information content (AvgIpc) is 3.60. The van der Waals surface area contributed by atoms with Gasteiger partial charge in [0.15, 0.2) is 17.5 Å². The minimum absolute atomic E-state index is 0.548. The maximum absolute atomic E-state index is 9.46. The number of hydrogen-bond donors (Lipinski definition) is 0. The Balaban J connectivity index is 1.14. The summed E-state index contributed by atoms with van der Waals surface area (Å²) in [5.74, 6) is 3.24. The van der Waals surface area contributed by atoms with Crippen LogP contribution in [0.5, 0.6) is 11.5 Å². The van der Waals surface area contributed by atoms with Crippen molar-refractivity contribution in [2.75, 3.05) is 0 Å². The van der Waals surface area contributed by atoms with Gasteiger partial charge >= 0.3 is 0 Å². The second-order valence-electron chi connectivity index (χ2n) is 14.5. The maximum atomic E-state index is 9.46. The van der Waals surface area contributed by atoms with Crippen molar-refractivity contribution in [1.82, 2.24) is 19.9 Å². The third-order valence-corrected chi connectivity index (χ3v) is 11.3. The van der Waals surface area contributed by atoms with E-state index < -0.39 is 5.41 Å². The summed E-state index contributed by atoms with van der Waals surface area (Å²) in [6, 6.07) is 64.2. The van der Waals surface area contributed by atoms with E-state index in [0.717, 1.165) is 61.7 Å². The van der Waals surface area contributed by atoms with Crippen molar-refractivity contribution in [3.8, 4) is 85.2 Å². The van der Waals surface area contributed by atoms with Gasteiger partial charge in [0.2, 0.25) is 0 Å². The molecule has 3 heterocycles. The minimum atomic E-state index is -0.685. The first-order valence-electron chi connectivity index (χ1n) is 19.2. The zero-order chi connectivity index (χ0) is 38.6. The van der Waals surface area contributed by atoms with Crippen LogP contribution in [0.25, 0.3) is 67.7 Å². The molecule has 0 radical (unpaired) electrons. The molecule has 7 aromatic carbocycles. The van der Waals surface area contributed by atoms with E-state index in [9.17, 15) is 5.26 Å². The van der Waals surface area contributed by atoms with E-state index in [1.165, 1.54) is 22.3 Å². The Labute approximate surface area is 335 Å². The lowest BCUT2D eigenvalue weighted by Gasteiger charge is -2.39. The molecule has 0 saturated heterocycles. The Morgan fingerprint density at radius 2 is 1.02 bits per heavy atom. The van der Waals surface area contributed by atoms with Gasteiger partial charge in [-0.3, -0.25) is 4.98 Å². The number of fused-ring (bicyclic) bond motifs is 9. The van der Waals surface area contributed by atoms with Crippen molar-refractivity contribution in [3.05, 3.63) is 216 Å². The Morgan fingerprint density at radius 1 is 0.414 bits per heavy atom. The Hall–Kier alpha value is -8.01. The molecule has 6 heteroatoms. The molecule has 270 valence electrons. The number of rotatable bonds is 5. The topological polar surface area (TPSA) is 84.6 Å². The molecular formula is C52H31N5O. The second-order valence-corrected chi connectivity index (χ2v) is 14.5. The fourth-order valence-corrected chi connectivity index (χ4v) is 8.74. The van der Waals surface area contributed by atoms with Crippen LogP contribution in [0.1, 0.15) is 27.8 Å². The van der Waals surface area contributed by atoms with Crippen molar-refractivity contribution in [2.24, 2.45) is 0 Å². The molecule has 2 aromatic heterocycles. The molecule has 11 rings (SSSR count). The molecule has 2 aliphatic rings. The molecule has 1 spiro atoms. The first-order chi connectivity index (χ1) is 28.7. The van der Waals surface area contributed by atoms with E-state index in [4.69, 9.17) is 19.7 Å². The van der Waals surface area contributed by atoms with Crippen molar-refractivity contribution in [3.63, 3.8) is 0 Å². The van der Waals surface area contributed by atoms with Crippen LogP contribution in [0.3, 0.4) is 0 Å². The van der Waals surface area contributed by atoms with Crippen LogP contribution >= 0.6 is 0 Å². The normalized spacial score (nSPS) is 12.7. The number of aromatic nitrogens is 4. The zero-order valence-electron chi connectivity index (χ0n) is 31.0. The Morgan fingerprint density at radius 3 is 1.72 bits per heavy atom. The highest BCUT2D eigenvalue weighted by atomic mass is 16.5. The Bertz CT molecular complexity index is 3050. The number of benzene rings is 7. The van der Waals surface area contributed by atoms with Crippen molar-refractivity contribution in [1.29, 1.82) is 5.26 Å².